The third-order valence-electron chi connectivity index (χ3n) is 9.06. The van der Waals surface area contributed by atoms with Crippen molar-refractivity contribution in [3.05, 3.63) is 89.5 Å². The fourth-order valence-electron chi connectivity index (χ4n) is 6.79. The van der Waals surface area contributed by atoms with Gasteiger partial charge < -0.3 is 19.9 Å². The van der Waals surface area contributed by atoms with Gasteiger partial charge in [-0.3, -0.25) is 19.4 Å². The van der Waals surface area contributed by atoms with Gasteiger partial charge in [0.1, 0.15) is 36.7 Å². The Kier molecular flexibility index (Phi) is 11.3. The minimum absolute atomic E-state index is 0.0370. The number of carboxylic acids is 1. The van der Waals surface area contributed by atoms with Crippen molar-refractivity contribution in [2.24, 2.45) is 22.2 Å². The Hall–Kier alpha value is -5.12. The molecule has 1 atom stereocenters. The molecule has 0 unspecified atom stereocenters. The molecule has 2 aliphatic rings. The van der Waals surface area contributed by atoms with Crippen LogP contribution in [0, 0.1) is 17.3 Å². The number of aliphatic imine (C=N–C) groups is 1. The molecule has 1 amide bonds. The van der Waals surface area contributed by atoms with Crippen LogP contribution in [0.5, 0.6) is 0 Å². The van der Waals surface area contributed by atoms with Gasteiger partial charge in [0.05, 0.1) is 5.69 Å². The van der Waals surface area contributed by atoms with Gasteiger partial charge in [-0.2, -0.15) is 0 Å². The zero-order valence-corrected chi connectivity index (χ0v) is 28.9. The second-order valence-electron chi connectivity index (χ2n) is 14.3. The number of carboxylic acid groups (broad SMARTS) is 1. The van der Waals surface area contributed by atoms with E-state index in [-0.39, 0.29) is 54.9 Å². The number of hydrogen-bond donors (Lipinski definition) is 2. The van der Waals surface area contributed by atoms with Gasteiger partial charge in [-0.1, -0.05) is 88.4 Å². The predicted octanol–water partition coefficient (Wildman–Crippen LogP) is 7.19. The maximum atomic E-state index is 13.1. The molecule has 1 fully saturated rings. The van der Waals surface area contributed by atoms with Crippen LogP contribution in [0.3, 0.4) is 0 Å². The molecule has 5 rings (SSSR count). The fraction of sp³-hybridized carbons (Fsp3) is 0.400. The highest BCUT2D eigenvalue weighted by Crippen LogP contribution is 2.44. The third kappa shape index (κ3) is 8.91. The van der Waals surface area contributed by atoms with Crippen molar-refractivity contribution in [2.45, 2.75) is 78.4 Å². The molecule has 3 aromatic rings. The van der Waals surface area contributed by atoms with Crippen LogP contribution in [0.4, 0.5) is 10.5 Å². The number of carbonyl (C=O) groups excluding carboxylic acids is 4. The Morgan fingerprint density at radius 2 is 1.46 bits per heavy atom. The standard InChI is InChI=1S/C40H44N2O8/c1-24(2)19-33(37-34(43)20-40(3,4)21-35(37)44)41-26-15-13-25(14-16-26)22-49-38(47)32(17-18-36(45)46)42-39(48)50-23-31-29-11-7-5-9-27(29)28-10-6-8-12-30(28)31/h5-16,24,31-32,37H,17-23H2,1-4H3,(H,42,48)(H,45,46)/t32-/m0/s1. The van der Waals surface area contributed by atoms with E-state index in [0.717, 1.165) is 22.3 Å². The number of aliphatic carboxylic acids is 1. The van der Waals surface area contributed by atoms with Crippen molar-refractivity contribution >= 4 is 41.0 Å². The molecule has 0 saturated heterocycles. The Morgan fingerprint density at radius 1 is 0.880 bits per heavy atom. The number of nitrogens with zero attached hydrogens (tertiary/aromatic N) is 1. The van der Waals surface area contributed by atoms with Gasteiger partial charge >= 0.3 is 18.0 Å². The lowest BCUT2D eigenvalue weighted by Gasteiger charge is -2.32. The maximum absolute atomic E-state index is 13.1. The summed E-state index contributed by atoms with van der Waals surface area (Å²) >= 11 is 0. The van der Waals surface area contributed by atoms with E-state index in [4.69, 9.17) is 14.5 Å². The van der Waals surface area contributed by atoms with Crippen LogP contribution in [0.15, 0.2) is 77.8 Å². The topological polar surface area (TPSA) is 148 Å². The number of fused-ring (bicyclic) bond motifs is 3. The molecule has 2 aliphatic carbocycles. The molecule has 0 aromatic heterocycles. The molecule has 0 heterocycles. The first-order valence-corrected chi connectivity index (χ1v) is 17.0. The van der Waals surface area contributed by atoms with E-state index in [9.17, 15) is 29.1 Å². The number of amides is 1. The summed E-state index contributed by atoms with van der Waals surface area (Å²) < 4.78 is 11.0. The Morgan fingerprint density at radius 3 is 2.02 bits per heavy atom. The summed E-state index contributed by atoms with van der Waals surface area (Å²) in [5.74, 6) is -2.93. The first kappa shape index (κ1) is 36.2. The number of esters is 1. The van der Waals surface area contributed by atoms with Crippen LogP contribution in [0.1, 0.15) is 82.4 Å². The molecular formula is C40H44N2O8. The highest BCUT2D eigenvalue weighted by molar-refractivity contribution is 6.23. The monoisotopic (exact) mass is 680 g/mol. The lowest BCUT2D eigenvalue weighted by molar-refractivity contribution is -0.148. The molecule has 0 spiro atoms. The van der Waals surface area contributed by atoms with Gasteiger partial charge in [0.15, 0.2) is 0 Å². The Balaban J connectivity index is 1.20. The molecule has 10 heteroatoms. The van der Waals surface area contributed by atoms with E-state index >= 15 is 0 Å². The largest absolute Gasteiger partial charge is 0.481 e. The number of ether oxygens (including phenoxy) is 2. The second kappa shape index (κ2) is 15.6. The third-order valence-corrected chi connectivity index (χ3v) is 9.06. The molecule has 10 nitrogen and oxygen atoms in total. The number of Topliss-reactive ketones (excluding diaryl/α,β-unsaturated/α-hetero) is 2. The van der Waals surface area contributed by atoms with Crippen molar-refractivity contribution in [1.82, 2.24) is 5.32 Å². The summed E-state index contributed by atoms with van der Waals surface area (Å²) in [6.45, 7) is 7.79. The molecule has 0 radical (unpaired) electrons. The van der Waals surface area contributed by atoms with E-state index < -0.39 is 30.0 Å². The predicted molar refractivity (Wildman–Crippen MR) is 188 cm³/mol. The highest BCUT2D eigenvalue weighted by Gasteiger charge is 2.42. The zero-order valence-electron chi connectivity index (χ0n) is 28.9. The van der Waals surface area contributed by atoms with E-state index in [2.05, 4.69) is 5.32 Å². The Labute approximate surface area is 292 Å². The minimum atomic E-state index is -1.24. The number of benzene rings is 3. The minimum Gasteiger partial charge on any atom is -0.481 e. The lowest BCUT2D eigenvalue weighted by atomic mass is 9.69. The molecule has 262 valence electrons. The summed E-state index contributed by atoms with van der Waals surface area (Å²) in [4.78, 5) is 68.0. The first-order valence-electron chi connectivity index (χ1n) is 17.0. The number of carbonyl (C=O) groups is 5. The summed E-state index contributed by atoms with van der Waals surface area (Å²) in [6, 6.07) is 21.5. The van der Waals surface area contributed by atoms with Crippen LogP contribution in [0.25, 0.3) is 11.1 Å². The van der Waals surface area contributed by atoms with Crippen molar-refractivity contribution in [1.29, 1.82) is 0 Å². The van der Waals surface area contributed by atoms with Crippen molar-refractivity contribution in [3.63, 3.8) is 0 Å². The zero-order chi connectivity index (χ0) is 36.0. The van der Waals surface area contributed by atoms with Gasteiger partial charge in [-0.15, -0.1) is 0 Å². The van der Waals surface area contributed by atoms with Crippen LogP contribution < -0.4 is 5.32 Å². The lowest BCUT2D eigenvalue weighted by Crippen LogP contribution is -2.42. The summed E-state index contributed by atoms with van der Waals surface area (Å²) in [5, 5.41) is 11.7. The highest BCUT2D eigenvalue weighted by atomic mass is 16.6. The number of ketones is 2. The number of rotatable bonds is 13. The van der Waals surface area contributed by atoms with Crippen LogP contribution in [-0.4, -0.2) is 53.1 Å². The van der Waals surface area contributed by atoms with E-state index in [1.165, 1.54) is 0 Å². The van der Waals surface area contributed by atoms with Crippen molar-refractivity contribution < 1.29 is 38.6 Å². The van der Waals surface area contributed by atoms with Crippen molar-refractivity contribution in [3.8, 4) is 11.1 Å². The average Bonchev–Trinajstić information content (AvgIpc) is 3.37. The van der Waals surface area contributed by atoms with E-state index in [1.807, 2.05) is 76.2 Å². The van der Waals surface area contributed by atoms with Crippen LogP contribution in [0.2, 0.25) is 0 Å². The van der Waals surface area contributed by atoms with Crippen molar-refractivity contribution in [2.75, 3.05) is 6.61 Å². The summed E-state index contributed by atoms with van der Waals surface area (Å²) in [5.41, 5.74) is 5.64. The van der Waals surface area contributed by atoms with E-state index in [1.54, 1.807) is 24.3 Å². The number of nitrogens with one attached hydrogen (secondary N) is 1. The van der Waals surface area contributed by atoms with Gasteiger partial charge in [0, 0.05) is 30.9 Å². The quantitative estimate of drug-likeness (QED) is 0.109. The SMILES string of the molecule is CC(C)CC(=Nc1ccc(COC(=O)[C@H](CCC(=O)O)NC(=O)OCC2c3ccccc3-c3ccccc32)cc1)C1C(=O)CC(C)(C)CC1=O. The Bertz CT molecular complexity index is 1730. The molecular weight excluding hydrogens is 636 g/mol. The molecule has 50 heavy (non-hydrogen) atoms. The van der Waals surface area contributed by atoms with Gasteiger partial charge in [-0.05, 0) is 64.1 Å². The summed E-state index contributed by atoms with van der Waals surface area (Å²) in [6.07, 6.45) is -0.227. The first-order chi connectivity index (χ1) is 23.8. The molecule has 2 N–H and O–H groups in total. The number of alkyl carbamates (subject to hydrolysis) is 1. The van der Waals surface area contributed by atoms with Gasteiger partial charge in [0.25, 0.3) is 0 Å². The molecule has 0 bridgehead atoms. The normalized spacial score (nSPS) is 16.5. The summed E-state index contributed by atoms with van der Waals surface area (Å²) in [7, 11) is 0. The van der Waals surface area contributed by atoms with Gasteiger partial charge in [-0.25, -0.2) is 9.59 Å². The maximum Gasteiger partial charge on any atom is 0.407 e. The van der Waals surface area contributed by atoms with Crippen LogP contribution in [-0.2, 0) is 35.3 Å². The molecule has 0 aliphatic heterocycles. The number of hydrogen-bond acceptors (Lipinski definition) is 8. The fourth-order valence-corrected chi connectivity index (χ4v) is 6.79. The smallest absolute Gasteiger partial charge is 0.407 e. The molecule has 3 aromatic carbocycles. The van der Waals surface area contributed by atoms with Crippen LogP contribution >= 0.6 is 0 Å². The molecule has 1 saturated carbocycles. The second-order valence-corrected chi connectivity index (χ2v) is 14.3. The van der Waals surface area contributed by atoms with E-state index in [0.29, 0.717) is 36.2 Å². The average molecular weight is 681 g/mol. The van der Waals surface area contributed by atoms with Gasteiger partial charge in [0.2, 0.25) is 0 Å².